The van der Waals surface area contributed by atoms with Crippen LogP contribution in [0.5, 0.6) is 11.5 Å². The lowest BCUT2D eigenvalue weighted by Gasteiger charge is -2.32. The standard InChI is InChI=1S/C19H29N3O6S/c1-20(2)18(23)13-21(3)19(24)14-8-10-22(11-9-14)29(25,26)15-6-7-16(27-4)17(12-15)28-5/h6-7,12,14H,8-11,13H2,1-5H3. The van der Waals surface area contributed by atoms with Crippen LogP contribution in [-0.4, -0.2) is 89.3 Å². The third-order valence-corrected chi connectivity index (χ3v) is 6.94. The maximum atomic E-state index is 13.0. The van der Waals surface area contributed by atoms with Crippen molar-refractivity contribution in [1.29, 1.82) is 0 Å². The van der Waals surface area contributed by atoms with Gasteiger partial charge in [-0.2, -0.15) is 4.31 Å². The zero-order valence-electron chi connectivity index (χ0n) is 17.5. The first-order valence-electron chi connectivity index (χ1n) is 9.29. The lowest BCUT2D eigenvalue weighted by Crippen LogP contribution is -2.45. The van der Waals surface area contributed by atoms with Crippen molar-refractivity contribution in [2.45, 2.75) is 17.7 Å². The van der Waals surface area contributed by atoms with Crippen LogP contribution in [-0.2, 0) is 19.6 Å². The Morgan fingerprint density at radius 3 is 2.17 bits per heavy atom. The first-order valence-corrected chi connectivity index (χ1v) is 10.7. The fourth-order valence-corrected chi connectivity index (χ4v) is 4.69. The van der Waals surface area contributed by atoms with E-state index in [1.54, 1.807) is 27.2 Å². The summed E-state index contributed by atoms with van der Waals surface area (Å²) >= 11 is 0. The van der Waals surface area contributed by atoms with Gasteiger partial charge in [-0.25, -0.2) is 8.42 Å². The fourth-order valence-electron chi connectivity index (χ4n) is 3.20. The van der Waals surface area contributed by atoms with E-state index in [-0.39, 0.29) is 42.3 Å². The number of carbonyl (C=O) groups is 2. The van der Waals surface area contributed by atoms with Crippen LogP contribution in [0.4, 0.5) is 0 Å². The van der Waals surface area contributed by atoms with Crippen molar-refractivity contribution in [1.82, 2.24) is 14.1 Å². The highest BCUT2D eigenvalue weighted by Crippen LogP contribution is 2.32. The van der Waals surface area contributed by atoms with Crippen LogP contribution in [0, 0.1) is 5.92 Å². The predicted octanol–water partition coefficient (Wildman–Crippen LogP) is 0.651. The minimum atomic E-state index is -3.71. The van der Waals surface area contributed by atoms with E-state index < -0.39 is 10.0 Å². The molecule has 0 radical (unpaired) electrons. The lowest BCUT2D eigenvalue weighted by atomic mass is 9.96. The molecule has 0 unspecified atom stereocenters. The zero-order valence-corrected chi connectivity index (χ0v) is 18.4. The molecule has 0 aliphatic carbocycles. The van der Waals surface area contributed by atoms with E-state index in [9.17, 15) is 18.0 Å². The summed E-state index contributed by atoms with van der Waals surface area (Å²) in [7, 11) is 4.09. The summed E-state index contributed by atoms with van der Waals surface area (Å²) in [6, 6.07) is 4.47. The van der Waals surface area contributed by atoms with Crippen LogP contribution in [0.1, 0.15) is 12.8 Å². The van der Waals surface area contributed by atoms with Crippen LogP contribution in [0.2, 0.25) is 0 Å². The average Bonchev–Trinajstić information content (AvgIpc) is 2.72. The number of hydrogen-bond donors (Lipinski definition) is 0. The van der Waals surface area contributed by atoms with Gasteiger partial charge in [0.1, 0.15) is 0 Å². The van der Waals surface area contributed by atoms with Gasteiger partial charge < -0.3 is 19.3 Å². The molecule has 2 amide bonds. The van der Waals surface area contributed by atoms with Crippen molar-refractivity contribution >= 4 is 21.8 Å². The molecule has 0 spiro atoms. The fraction of sp³-hybridized carbons (Fsp3) is 0.579. The van der Waals surface area contributed by atoms with Crippen molar-refractivity contribution in [2.24, 2.45) is 5.92 Å². The highest BCUT2D eigenvalue weighted by molar-refractivity contribution is 7.89. The zero-order chi connectivity index (χ0) is 21.8. The molecule has 1 saturated heterocycles. The van der Waals surface area contributed by atoms with E-state index >= 15 is 0 Å². The normalized spacial score (nSPS) is 15.6. The summed E-state index contributed by atoms with van der Waals surface area (Å²) in [6.45, 7) is 0.487. The molecule has 1 aromatic carbocycles. The van der Waals surface area contributed by atoms with Crippen molar-refractivity contribution in [3.05, 3.63) is 18.2 Å². The SMILES string of the molecule is COc1ccc(S(=O)(=O)N2CCC(C(=O)N(C)CC(=O)N(C)C)CC2)cc1OC. The van der Waals surface area contributed by atoms with Crippen LogP contribution < -0.4 is 9.47 Å². The first-order chi connectivity index (χ1) is 13.6. The number of hydrogen-bond acceptors (Lipinski definition) is 6. The number of piperidine rings is 1. The number of likely N-dealkylation sites (N-methyl/N-ethyl adjacent to an activating group) is 2. The van der Waals surface area contributed by atoms with E-state index in [1.165, 1.54) is 40.5 Å². The molecule has 0 aromatic heterocycles. The van der Waals surface area contributed by atoms with E-state index in [2.05, 4.69) is 0 Å². The first kappa shape index (κ1) is 23.0. The monoisotopic (exact) mass is 427 g/mol. The quantitative estimate of drug-likeness (QED) is 0.634. The molecule has 1 fully saturated rings. The number of nitrogens with zero attached hydrogens (tertiary/aromatic N) is 3. The molecule has 2 rings (SSSR count). The number of benzene rings is 1. The Morgan fingerprint density at radius 1 is 1.07 bits per heavy atom. The Bertz CT molecular complexity index is 848. The predicted molar refractivity (Wildman–Crippen MR) is 107 cm³/mol. The third kappa shape index (κ3) is 5.18. The summed E-state index contributed by atoms with van der Waals surface area (Å²) < 4.78 is 37.7. The molecule has 0 bridgehead atoms. The molecule has 1 aliphatic heterocycles. The Labute approximate surface area is 172 Å². The van der Waals surface area contributed by atoms with Gasteiger partial charge in [-0.05, 0) is 25.0 Å². The maximum absolute atomic E-state index is 13.0. The molecule has 9 nitrogen and oxygen atoms in total. The molecule has 1 aromatic rings. The Hall–Kier alpha value is -2.33. The van der Waals surface area contributed by atoms with Gasteiger partial charge in [-0.15, -0.1) is 0 Å². The summed E-state index contributed by atoms with van der Waals surface area (Å²) in [5.41, 5.74) is 0. The van der Waals surface area contributed by atoms with Crippen LogP contribution in [0.15, 0.2) is 23.1 Å². The smallest absolute Gasteiger partial charge is 0.243 e. The van der Waals surface area contributed by atoms with Gasteiger partial charge in [0, 0.05) is 46.2 Å². The minimum Gasteiger partial charge on any atom is -0.493 e. The number of methoxy groups -OCH3 is 2. The van der Waals surface area contributed by atoms with E-state index in [0.717, 1.165) is 0 Å². The van der Waals surface area contributed by atoms with Crippen LogP contribution in [0.3, 0.4) is 0 Å². The summed E-state index contributed by atoms with van der Waals surface area (Å²) in [6.07, 6.45) is 0.817. The van der Waals surface area contributed by atoms with Gasteiger partial charge in [0.25, 0.3) is 0 Å². The molecule has 162 valence electrons. The lowest BCUT2D eigenvalue weighted by molar-refractivity contribution is -0.141. The van der Waals surface area contributed by atoms with Gasteiger partial charge in [0.2, 0.25) is 21.8 Å². The molecular formula is C19H29N3O6S. The third-order valence-electron chi connectivity index (χ3n) is 5.04. The molecule has 0 N–H and O–H groups in total. The molecule has 1 heterocycles. The molecule has 0 atom stereocenters. The van der Waals surface area contributed by atoms with Gasteiger partial charge in [-0.3, -0.25) is 9.59 Å². The van der Waals surface area contributed by atoms with Crippen molar-refractivity contribution in [2.75, 3.05) is 55.0 Å². The second-order valence-electron chi connectivity index (χ2n) is 7.18. The maximum Gasteiger partial charge on any atom is 0.243 e. The summed E-state index contributed by atoms with van der Waals surface area (Å²) in [5.74, 6) is 0.196. The van der Waals surface area contributed by atoms with Crippen LogP contribution in [0.25, 0.3) is 0 Å². The molecule has 1 aliphatic rings. The van der Waals surface area contributed by atoms with Crippen molar-refractivity contribution < 1.29 is 27.5 Å². The molecule has 29 heavy (non-hydrogen) atoms. The van der Waals surface area contributed by atoms with Gasteiger partial charge in [0.05, 0.1) is 25.7 Å². The number of sulfonamides is 1. The average molecular weight is 428 g/mol. The molecule has 0 saturated carbocycles. The number of carbonyl (C=O) groups excluding carboxylic acids is 2. The number of rotatable bonds is 7. The van der Waals surface area contributed by atoms with Crippen molar-refractivity contribution in [3.63, 3.8) is 0 Å². The van der Waals surface area contributed by atoms with Gasteiger partial charge in [-0.1, -0.05) is 0 Å². The number of ether oxygens (including phenoxy) is 2. The topological polar surface area (TPSA) is 96.5 Å². The van der Waals surface area contributed by atoms with Gasteiger partial charge >= 0.3 is 0 Å². The van der Waals surface area contributed by atoms with Crippen LogP contribution >= 0.6 is 0 Å². The van der Waals surface area contributed by atoms with Crippen molar-refractivity contribution in [3.8, 4) is 11.5 Å². The Kier molecular flexibility index (Phi) is 7.48. The highest BCUT2D eigenvalue weighted by atomic mass is 32.2. The summed E-state index contributed by atoms with van der Waals surface area (Å²) in [4.78, 5) is 27.4. The van der Waals surface area contributed by atoms with E-state index in [1.807, 2.05) is 0 Å². The van der Waals surface area contributed by atoms with E-state index in [0.29, 0.717) is 24.3 Å². The second kappa shape index (κ2) is 9.45. The molecule has 10 heteroatoms. The second-order valence-corrected chi connectivity index (χ2v) is 9.12. The Morgan fingerprint density at radius 2 is 1.66 bits per heavy atom. The molecular weight excluding hydrogens is 398 g/mol. The highest BCUT2D eigenvalue weighted by Gasteiger charge is 2.34. The largest absolute Gasteiger partial charge is 0.493 e. The van der Waals surface area contributed by atoms with E-state index in [4.69, 9.17) is 9.47 Å². The Balaban J connectivity index is 2.04. The van der Waals surface area contributed by atoms with Gasteiger partial charge in [0.15, 0.2) is 11.5 Å². The summed E-state index contributed by atoms with van der Waals surface area (Å²) in [5, 5.41) is 0. The number of amides is 2. The minimum absolute atomic E-state index is 0.00991.